The van der Waals surface area contributed by atoms with E-state index in [4.69, 9.17) is 0 Å². The molecule has 0 atom stereocenters. The van der Waals surface area contributed by atoms with Gasteiger partial charge in [-0.3, -0.25) is 4.79 Å². The Morgan fingerprint density at radius 3 is 2.15 bits per heavy atom. The van der Waals surface area contributed by atoms with Crippen LogP contribution in [-0.4, -0.2) is 37.0 Å². The Labute approximate surface area is 122 Å². The summed E-state index contributed by atoms with van der Waals surface area (Å²) < 4.78 is 0. The molecule has 0 spiro atoms. The Bertz CT molecular complexity index is 385. The summed E-state index contributed by atoms with van der Waals surface area (Å²) in [5, 5.41) is 12.6. The van der Waals surface area contributed by atoms with Crippen molar-refractivity contribution in [1.29, 1.82) is 5.26 Å². The van der Waals surface area contributed by atoms with Crippen molar-refractivity contribution in [2.75, 3.05) is 20.6 Å². The molecule has 2 rings (SSSR count). The van der Waals surface area contributed by atoms with Crippen LogP contribution in [0.15, 0.2) is 0 Å². The van der Waals surface area contributed by atoms with Crippen LogP contribution in [0.2, 0.25) is 0 Å². The lowest BCUT2D eigenvalue weighted by atomic mass is 9.74. The summed E-state index contributed by atoms with van der Waals surface area (Å²) >= 11 is 0. The van der Waals surface area contributed by atoms with E-state index in [0.717, 1.165) is 44.9 Å². The van der Waals surface area contributed by atoms with Gasteiger partial charge in [-0.25, -0.2) is 0 Å². The fourth-order valence-electron chi connectivity index (χ4n) is 3.77. The molecule has 20 heavy (non-hydrogen) atoms. The van der Waals surface area contributed by atoms with E-state index in [1.54, 1.807) is 0 Å². The van der Waals surface area contributed by atoms with E-state index in [-0.39, 0.29) is 11.4 Å². The third kappa shape index (κ3) is 2.83. The van der Waals surface area contributed by atoms with Crippen LogP contribution in [0, 0.1) is 16.7 Å². The first-order valence-electron chi connectivity index (χ1n) is 7.92. The second kappa shape index (κ2) is 6.13. The molecule has 0 saturated heterocycles. The van der Waals surface area contributed by atoms with Crippen molar-refractivity contribution in [3.63, 3.8) is 0 Å². The molecule has 1 amide bonds. The zero-order valence-electron chi connectivity index (χ0n) is 12.9. The van der Waals surface area contributed by atoms with E-state index in [9.17, 15) is 10.1 Å². The maximum atomic E-state index is 12.5. The zero-order chi connectivity index (χ0) is 14.6. The summed E-state index contributed by atoms with van der Waals surface area (Å²) in [4.78, 5) is 14.8. The highest BCUT2D eigenvalue weighted by molar-refractivity contribution is 5.85. The number of likely N-dealkylation sites (N-methyl/N-ethyl adjacent to an activating group) is 1. The van der Waals surface area contributed by atoms with Crippen LogP contribution in [0.25, 0.3) is 0 Å². The first kappa shape index (κ1) is 15.3. The van der Waals surface area contributed by atoms with Gasteiger partial charge in [0.1, 0.15) is 5.41 Å². The fourth-order valence-corrected chi connectivity index (χ4v) is 3.77. The molecule has 1 N–H and O–H groups in total. The van der Waals surface area contributed by atoms with E-state index < -0.39 is 5.41 Å². The Balaban J connectivity index is 1.99. The minimum Gasteiger partial charge on any atom is -0.353 e. The normalized spacial score (nSPS) is 24.3. The van der Waals surface area contributed by atoms with E-state index in [0.29, 0.717) is 6.54 Å². The van der Waals surface area contributed by atoms with Gasteiger partial charge in [0.2, 0.25) is 5.91 Å². The van der Waals surface area contributed by atoms with Gasteiger partial charge in [-0.1, -0.05) is 32.1 Å². The molecule has 4 heteroatoms. The summed E-state index contributed by atoms with van der Waals surface area (Å²) in [6, 6.07) is 2.31. The summed E-state index contributed by atoms with van der Waals surface area (Å²) in [5.74, 6) is -0.0344. The summed E-state index contributed by atoms with van der Waals surface area (Å²) in [6.07, 6.45) is 9.35. The molecule has 0 radical (unpaired) electrons. The quantitative estimate of drug-likeness (QED) is 0.858. The highest BCUT2D eigenvalue weighted by atomic mass is 16.2. The molecule has 2 aliphatic carbocycles. The van der Waals surface area contributed by atoms with Gasteiger partial charge in [0.15, 0.2) is 0 Å². The SMILES string of the molecule is CN(C)C1(CNC(=O)C2(C#N)CCCCC2)CCCC1. The molecule has 4 nitrogen and oxygen atoms in total. The number of amides is 1. The predicted molar refractivity (Wildman–Crippen MR) is 79.0 cm³/mol. The number of nitriles is 1. The lowest BCUT2D eigenvalue weighted by Gasteiger charge is -2.38. The molecular weight excluding hydrogens is 250 g/mol. The first-order valence-corrected chi connectivity index (χ1v) is 7.92. The number of hydrogen-bond donors (Lipinski definition) is 1. The Hall–Kier alpha value is -1.08. The molecule has 0 aromatic heterocycles. The van der Waals surface area contributed by atoms with Crippen molar-refractivity contribution in [2.45, 2.75) is 63.3 Å². The van der Waals surface area contributed by atoms with E-state index in [1.165, 1.54) is 12.8 Å². The Kier molecular flexibility index (Phi) is 4.70. The Morgan fingerprint density at radius 1 is 1.10 bits per heavy atom. The van der Waals surface area contributed by atoms with Crippen molar-refractivity contribution in [1.82, 2.24) is 10.2 Å². The summed E-state index contributed by atoms with van der Waals surface area (Å²) in [5.41, 5.74) is -0.661. The maximum Gasteiger partial charge on any atom is 0.240 e. The lowest BCUT2D eigenvalue weighted by Crippen LogP contribution is -2.53. The molecular formula is C16H27N3O. The highest BCUT2D eigenvalue weighted by Crippen LogP contribution is 2.37. The zero-order valence-corrected chi connectivity index (χ0v) is 12.9. The summed E-state index contributed by atoms with van der Waals surface area (Å²) in [6.45, 7) is 0.683. The van der Waals surface area contributed by atoms with Crippen LogP contribution in [-0.2, 0) is 4.79 Å². The summed E-state index contributed by atoms with van der Waals surface area (Å²) in [7, 11) is 4.19. The molecule has 2 aliphatic rings. The predicted octanol–water partition coefficient (Wildman–Crippen LogP) is 2.45. The van der Waals surface area contributed by atoms with Crippen molar-refractivity contribution in [3.05, 3.63) is 0 Å². The van der Waals surface area contributed by atoms with Gasteiger partial charge in [0, 0.05) is 12.1 Å². The minimum atomic E-state index is -0.760. The third-order valence-corrected chi connectivity index (χ3v) is 5.42. The van der Waals surface area contributed by atoms with Crippen LogP contribution in [0.3, 0.4) is 0 Å². The second-order valence-electron chi connectivity index (χ2n) is 6.76. The van der Waals surface area contributed by atoms with Crippen LogP contribution < -0.4 is 5.32 Å². The minimum absolute atomic E-state index is 0.0344. The average molecular weight is 277 g/mol. The number of rotatable bonds is 4. The third-order valence-electron chi connectivity index (χ3n) is 5.42. The van der Waals surface area contributed by atoms with Gasteiger partial charge >= 0.3 is 0 Å². The van der Waals surface area contributed by atoms with Crippen LogP contribution >= 0.6 is 0 Å². The van der Waals surface area contributed by atoms with Crippen molar-refractivity contribution >= 4 is 5.91 Å². The van der Waals surface area contributed by atoms with Crippen molar-refractivity contribution in [2.24, 2.45) is 5.41 Å². The smallest absolute Gasteiger partial charge is 0.240 e. The monoisotopic (exact) mass is 277 g/mol. The van der Waals surface area contributed by atoms with Gasteiger partial charge < -0.3 is 10.2 Å². The lowest BCUT2D eigenvalue weighted by molar-refractivity contribution is -0.130. The van der Waals surface area contributed by atoms with E-state index in [2.05, 4.69) is 30.4 Å². The highest BCUT2D eigenvalue weighted by Gasteiger charge is 2.42. The van der Waals surface area contributed by atoms with Crippen molar-refractivity contribution < 1.29 is 4.79 Å². The van der Waals surface area contributed by atoms with Crippen LogP contribution in [0.5, 0.6) is 0 Å². The molecule has 112 valence electrons. The first-order chi connectivity index (χ1) is 9.55. The Morgan fingerprint density at radius 2 is 1.65 bits per heavy atom. The van der Waals surface area contributed by atoms with Crippen molar-refractivity contribution in [3.8, 4) is 6.07 Å². The molecule has 2 fully saturated rings. The molecule has 0 unspecified atom stereocenters. The van der Waals surface area contributed by atoms with Gasteiger partial charge in [0.05, 0.1) is 6.07 Å². The maximum absolute atomic E-state index is 12.5. The topological polar surface area (TPSA) is 56.1 Å². The number of carbonyl (C=O) groups is 1. The van der Waals surface area contributed by atoms with Crippen LogP contribution in [0.4, 0.5) is 0 Å². The number of nitrogens with zero attached hydrogens (tertiary/aromatic N) is 2. The molecule has 0 aromatic rings. The molecule has 0 aromatic carbocycles. The average Bonchev–Trinajstić information content (AvgIpc) is 2.95. The van der Waals surface area contributed by atoms with Gasteiger partial charge in [-0.15, -0.1) is 0 Å². The van der Waals surface area contributed by atoms with E-state index in [1.807, 2.05) is 0 Å². The molecule has 2 saturated carbocycles. The van der Waals surface area contributed by atoms with E-state index >= 15 is 0 Å². The second-order valence-corrected chi connectivity index (χ2v) is 6.76. The largest absolute Gasteiger partial charge is 0.353 e. The van der Waals surface area contributed by atoms with Crippen LogP contribution in [0.1, 0.15) is 57.8 Å². The number of hydrogen-bond acceptors (Lipinski definition) is 3. The fraction of sp³-hybridized carbons (Fsp3) is 0.875. The number of nitrogens with one attached hydrogen (secondary N) is 1. The van der Waals surface area contributed by atoms with Gasteiger partial charge in [-0.05, 0) is 39.8 Å². The molecule has 0 heterocycles. The number of carbonyl (C=O) groups excluding carboxylic acids is 1. The van der Waals surface area contributed by atoms with Gasteiger partial charge in [0.25, 0.3) is 0 Å². The molecule has 0 aliphatic heterocycles. The standard InChI is InChI=1S/C16H27N3O/c1-19(2)16(10-6-7-11-16)13-18-14(20)15(12-17)8-4-3-5-9-15/h3-11,13H2,1-2H3,(H,18,20). The van der Waals surface area contributed by atoms with Gasteiger partial charge in [-0.2, -0.15) is 5.26 Å². The molecule has 0 bridgehead atoms.